The molecule has 5 rings (SSSR count). The lowest BCUT2D eigenvalue weighted by atomic mass is 10.2. The molecule has 0 aliphatic carbocycles. The Balaban J connectivity index is 1.39. The van der Waals surface area contributed by atoms with Crippen LogP contribution in [0.2, 0.25) is 0 Å². The third-order valence-corrected chi connectivity index (χ3v) is 7.56. The normalized spacial score (nSPS) is 16.5. The van der Waals surface area contributed by atoms with E-state index >= 15 is 0 Å². The number of carbonyl (C=O) groups excluding carboxylic acids is 1. The van der Waals surface area contributed by atoms with Crippen LogP contribution in [0.15, 0.2) is 46.5 Å². The van der Waals surface area contributed by atoms with Gasteiger partial charge < -0.3 is 4.74 Å². The first-order valence-corrected chi connectivity index (χ1v) is 12.1. The number of hydrogen-bond acceptors (Lipinski definition) is 7. The Bertz CT molecular complexity index is 1080. The summed E-state index contributed by atoms with van der Waals surface area (Å²) in [7, 11) is 0. The number of para-hydroxylation sites is 1. The van der Waals surface area contributed by atoms with Crippen molar-refractivity contribution in [2.24, 2.45) is 0 Å². The number of amides is 1. The molecule has 0 spiro atoms. The summed E-state index contributed by atoms with van der Waals surface area (Å²) >= 11 is 4.78. The predicted octanol–water partition coefficient (Wildman–Crippen LogP) is 5.24. The van der Waals surface area contributed by atoms with Gasteiger partial charge in [0.25, 0.3) is 0 Å². The minimum absolute atomic E-state index is 0.0155. The molecule has 29 heavy (non-hydrogen) atoms. The van der Waals surface area contributed by atoms with Crippen LogP contribution in [0.1, 0.15) is 18.5 Å². The second kappa shape index (κ2) is 8.31. The number of rotatable bonds is 6. The Morgan fingerprint density at radius 3 is 2.93 bits per heavy atom. The summed E-state index contributed by atoms with van der Waals surface area (Å²) in [6.07, 6.45) is 2.36. The zero-order valence-electron chi connectivity index (χ0n) is 15.6. The van der Waals surface area contributed by atoms with Crippen molar-refractivity contribution in [3.8, 4) is 10.6 Å². The quantitative estimate of drug-likeness (QED) is 0.411. The van der Waals surface area contributed by atoms with Gasteiger partial charge >= 0.3 is 0 Å². The number of benzene rings is 1. The van der Waals surface area contributed by atoms with Gasteiger partial charge in [-0.15, -0.1) is 11.3 Å². The molecule has 5 nitrogen and oxygen atoms in total. The summed E-state index contributed by atoms with van der Waals surface area (Å²) in [6.45, 7) is 1.31. The van der Waals surface area contributed by atoms with E-state index < -0.39 is 0 Å². The van der Waals surface area contributed by atoms with Gasteiger partial charge in [0.1, 0.15) is 5.01 Å². The lowest BCUT2D eigenvalue weighted by Crippen LogP contribution is -2.38. The lowest BCUT2D eigenvalue weighted by molar-refractivity contribution is -0.118. The van der Waals surface area contributed by atoms with E-state index in [0.29, 0.717) is 6.54 Å². The molecular weight excluding hydrogens is 422 g/mol. The first kappa shape index (κ1) is 18.9. The highest BCUT2D eigenvalue weighted by Gasteiger charge is 2.26. The second-order valence-electron chi connectivity index (χ2n) is 6.94. The highest BCUT2D eigenvalue weighted by molar-refractivity contribution is 7.22. The zero-order chi connectivity index (χ0) is 19.6. The number of thiazole rings is 2. The van der Waals surface area contributed by atoms with Crippen LogP contribution in [0.25, 0.3) is 20.8 Å². The van der Waals surface area contributed by atoms with Crippen molar-refractivity contribution in [3.63, 3.8) is 0 Å². The number of ether oxygens (including phenoxy) is 1. The molecule has 0 unspecified atom stereocenters. The third-order valence-electron chi connectivity index (χ3n) is 4.88. The fourth-order valence-electron chi connectivity index (χ4n) is 3.41. The van der Waals surface area contributed by atoms with Crippen LogP contribution in [0.3, 0.4) is 0 Å². The van der Waals surface area contributed by atoms with Gasteiger partial charge in [0.05, 0.1) is 35.0 Å². The summed E-state index contributed by atoms with van der Waals surface area (Å²) in [6, 6.07) is 10.0. The fourth-order valence-corrected chi connectivity index (χ4v) is 5.94. The minimum Gasteiger partial charge on any atom is -0.376 e. The monoisotopic (exact) mass is 441 g/mol. The van der Waals surface area contributed by atoms with Gasteiger partial charge in [0.2, 0.25) is 5.91 Å². The van der Waals surface area contributed by atoms with E-state index in [9.17, 15) is 4.79 Å². The van der Waals surface area contributed by atoms with E-state index in [1.54, 1.807) is 38.9 Å². The molecule has 4 aromatic rings. The van der Waals surface area contributed by atoms with E-state index in [0.717, 1.165) is 51.1 Å². The first-order chi connectivity index (χ1) is 14.3. The van der Waals surface area contributed by atoms with Crippen molar-refractivity contribution in [1.82, 2.24) is 9.97 Å². The maximum absolute atomic E-state index is 13.3. The Hall–Kier alpha value is -2.13. The number of thiophene rings is 1. The topological polar surface area (TPSA) is 55.3 Å². The van der Waals surface area contributed by atoms with E-state index in [-0.39, 0.29) is 18.4 Å². The van der Waals surface area contributed by atoms with Crippen molar-refractivity contribution in [2.45, 2.75) is 25.4 Å². The van der Waals surface area contributed by atoms with Crippen LogP contribution >= 0.6 is 34.0 Å². The number of hydrogen-bond donors (Lipinski definition) is 0. The molecule has 3 aromatic heterocycles. The van der Waals surface area contributed by atoms with Crippen molar-refractivity contribution in [2.75, 3.05) is 18.1 Å². The molecule has 0 N–H and O–H groups in total. The van der Waals surface area contributed by atoms with Crippen molar-refractivity contribution in [3.05, 3.63) is 52.2 Å². The van der Waals surface area contributed by atoms with Gasteiger partial charge in [0.15, 0.2) is 5.13 Å². The Kier molecular flexibility index (Phi) is 5.41. The second-order valence-corrected chi connectivity index (χ2v) is 9.58. The van der Waals surface area contributed by atoms with E-state index in [4.69, 9.17) is 9.72 Å². The molecule has 1 fully saturated rings. The maximum Gasteiger partial charge on any atom is 0.234 e. The molecule has 1 aromatic carbocycles. The van der Waals surface area contributed by atoms with E-state index in [1.165, 1.54) is 0 Å². The molecule has 1 aliphatic rings. The minimum atomic E-state index is 0.0155. The molecule has 1 atom stereocenters. The largest absolute Gasteiger partial charge is 0.376 e. The van der Waals surface area contributed by atoms with Crippen LogP contribution < -0.4 is 4.90 Å². The number of fused-ring (bicyclic) bond motifs is 1. The van der Waals surface area contributed by atoms with Crippen LogP contribution in [0, 0.1) is 0 Å². The summed E-state index contributed by atoms with van der Waals surface area (Å²) < 4.78 is 6.89. The van der Waals surface area contributed by atoms with Gasteiger partial charge in [-0.05, 0) is 36.4 Å². The standard InChI is InChI=1S/C21H19N3O2S3/c25-19(10-15-13-28-20(22-15)14-7-9-27-12-14)24(11-16-4-3-8-26-16)21-23-17-5-1-2-6-18(17)29-21/h1-2,5-7,9,12-13,16H,3-4,8,10-11H2/t16-/m1/s1. The van der Waals surface area contributed by atoms with Crippen molar-refractivity contribution >= 4 is 55.3 Å². The fraction of sp³-hybridized carbons (Fsp3) is 0.286. The Labute approximate surface area is 180 Å². The number of carbonyl (C=O) groups is 1. The molecule has 1 aliphatic heterocycles. The summed E-state index contributed by atoms with van der Waals surface area (Å²) in [5, 5.41) is 7.79. The smallest absolute Gasteiger partial charge is 0.234 e. The molecule has 8 heteroatoms. The molecule has 0 saturated carbocycles. The number of anilines is 1. The zero-order valence-corrected chi connectivity index (χ0v) is 18.1. The van der Waals surface area contributed by atoms with Crippen LogP contribution in [0.4, 0.5) is 5.13 Å². The van der Waals surface area contributed by atoms with Gasteiger partial charge in [-0.25, -0.2) is 9.97 Å². The third kappa shape index (κ3) is 4.11. The van der Waals surface area contributed by atoms with Crippen LogP contribution in [0.5, 0.6) is 0 Å². The van der Waals surface area contributed by atoms with E-state index in [2.05, 4.69) is 16.4 Å². The molecular formula is C21H19N3O2S3. The number of nitrogens with zero attached hydrogens (tertiary/aromatic N) is 3. The summed E-state index contributed by atoms with van der Waals surface area (Å²) in [4.78, 5) is 24.5. The first-order valence-electron chi connectivity index (χ1n) is 9.51. The molecule has 4 heterocycles. The molecule has 148 valence electrons. The van der Waals surface area contributed by atoms with Gasteiger partial charge in [-0.3, -0.25) is 9.69 Å². The summed E-state index contributed by atoms with van der Waals surface area (Å²) in [5.41, 5.74) is 2.84. The van der Waals surface area contributed by atoms with Crippen LogP contribution in [-0.2, 0) is 16.0 Å². The average Bonchev–Trinajstić information content (AvgIpc) is 3.53. The highest BCUT2D eigenvalue weighted by Crippen LogP contribution is 2.31. The Morgan fingerprint density at radius 2 is 2.14 bits per heavy atom. The highest BCUT2D eigenvalue weighted by atomic mass is 32.1. The van der Waals surface area contributed by atoms with Gasteiger partial charge in [0, 0.05) is 22.9 Å². The lowest BCUT2D eigenvalue weighted by Gasteiger charge is -2.22. The van der Waals surface area contributed by atoms with Crippen LogP contribution in [-0.4, -0.2) is 35.1 Å². The van der Waals surface area contributed by atoms with Gasteiger partial charge in [-0.2, -0.15) is 11.3 Å². The van der Waals surface area contributed by atoms with Crippen molar-refractivity contribution < 1.29 is 9.53 Å². The van der Waals surface area contributed by atoms with E-state index in [1.807, 2.05) is 35.0 Å². The summed E-state index contributed by atoms with van der Waals surface area (Å²) in [5.74, 6) is 0.0155. The predicted molar refractivity (Wildman–Crippen MR) is 120 cm³/mol. The maximum atomic E-state index is 13.3. The number of aromatic nitrogens is 2. The molecule has 0 radical (unpaired) electrons. The SMILES string of the molecule is O=C(Cc1csc(-c2ccsc2)n1)N(C[C@H]1CCCO1)c1nc2ccccc2s1. The Morgan fingerprint density at radius 1 is 1.21 bits per heavy atom. The molecule has 1 amide bonds. The molecule has 0 bridgehead atoms. The van der Waals surface area contributed by atoms with Gasteiger partial charge in [-0.1, -0.05) is 23.5 Å². The average molecular weight is 442 g/mol. The van der Waals surface area contributed by atoms with Crippen molar-refractivity contribution in [1.29, 1.82) is 0 Å². The molecule has 1 saturated heterocycles.